The first-order valence-electron chi connectivity index (χ1n) is 8.74. The van der Waals surface area contributed by atoms with E-state index in [9.17, 15) is 8.42 Å². The summed E-state index contributed by atoms with van der Waals surface area (Å²) in [4.78, 5) is 2.29. The number of likely N-dealkylation sites (tertiary alicyclic amines) is 1. The summed E-state index contributed by atoms with van der Waals surface area (Å²) < 4.78 is 32.9. The molecule has 1 fully saturated rings. The zero-order valence-corrected chi connectivity index (χ0v) is 16.0. The van der Waals surface area contributed by atoms with Gasteiger partial charge in [-0.2, -0.15) is 0 Å². The predicted molar refractivity (Wildman–Crippen MR) is 104 cm³/mol. The van der Waals surface area contributed by atoms with Crippen LogP contribution in [0, 0.1) is 0 Å². The maximum absolute atomic E-state index is 12.4. The van der Waals surface area contributed by atoms with E-state index in [-0.39, 0.29) is 12.6 Å². The Morgan fingerprint density at radius 2 is 1.88 bits per heavy atom. The van der Waals surface area contributed by atoms with Crippen LogP contribution in [0.5, 0.6) is 0 Å². The van der Waals surface area contributed by atoms with Gasteiger partial charge in [0, 0.05) is 17.0 Å². The Bertz CT molecular complexity index is 811. The molecule has 0 radical (unpaired) electrons. The molecule has 26 heavy (non-hydrogen) atoms. The van der Waals surface area contributed by atoms with Crippen molar-refractivity contribution >= 4 is 27.7 Å². The molecule has 2 heterocycles. The summed E-state index contributed by atoms with van der Waals surface area (Å²) in [7, 11) is -3.55. The van der Waals surface area contributed by atoms with Crippen LogP contribution in [0.4, 0.5) is 0 Å². The Kier molecular flexibility index (Phi) is 6.53. The highest BCUT2D eigenvalue weighted by Crippen LogP contribution is 2.24. The van der Waals surface area contributed by atoms with E-state index in [2.05, 4.69) is 9.62 Å². The fourth-order valence-electron chi connectivity index (χ4n) is 3.11. The first-order valence-corrected chi connectivity index (χ1v) is 10.7. The molecule has 1 aliphatic heterocycles. The number of nitrogens with one attached hydrogen (secondary N) is 1. The molecule has 0 amide bonds. The molecule has 1 saturated heterocycles. The van der Waals surface area contributed by atoms with Gasteiger partial charge in [0.05, 0.1) is 12.3 Å². The first-order chi connectivity index (χ1) is 12.5. The minimum absolute atomic E-state index is 0.0935. The fourth-order valence-corrected chi connectivity index (χ4v) is 4.05. The van der Waals surface area contributed by atoms with Gasteiger partial charge in [-0.3, -0.25) is 4.90 Å². The predicted octanol–water partition coefficient (Wildman–Crippen LogP) is 4.05. The van der Waals surface area contributed by atoms with Crippen LogP contribution in [-0.4, -0.2) is 33.0 Å². The van der Waals surface area contributed by atoms with Crippen LogP contribution in [-0.2, 0) is 10.0 Å². The van der Waals surface area contributed by atoms with Gasteiger partial charge in [0.2, 0.25) is 10.0 Å². The van der Waals surface area contributed by atoms with Crippen LogP contribution in [0.2, 0.25) is 5.02 Å². The number of nitrogens with zero attached hydrogens (tertiary/aromatic N) is 1. The Balaban J connectivity index is 1.66. The van der Waals surface area contributed by atoms with Crippen LogP contribution in [0.1, 0.15) is 36.6 Å². The van der Waals surface area contributed by atoms with E-state index in [0.29, 0.717) is 5.02 Å². The molecule has 1 aliphatic rings. The molecule has 1 aromatic carbocycles. The molecule has 1 N–H and O–H groups in total. The molecule has 7 heteroatoms. The zero-order valence-electron chi connectivity index (χ0n) is 14.5. The standard InChI is InChI=1S/C19H23ClN2O3S/c20-17-8-6-16(7-9-17)10-14-26(23,24)21-15-18(19-5-4-13-25-19)22-11-2-1-3-12-22/h4-10,13-14,18,21H,1-3,11-12,15H2. The fraction of sp³-hybridized carbons (Fsp3) is 0.368. The van der Waals surface area contributed by atoms with Crippen LogP contribution in [0.3, 0.4) is 0 Å². The van der Waals surface area contributed by atoms with Crippen LogP contribution >= 0.6 is 11.6 Å². The minimum atomic E-state index is -3.55. The summed E-state index contributed by atoms with van der Waals surface area (Å²) >= 11 is 5.84. The molecule has 0 aliphatic carbocycles. The van der Waals surface area contributed by atoms with Crippen molar-refractivity contribution in [1.82, 2.24) is 9.62 Å². The largest absolute Gasteiger partial charge is 0.468 e. The number of benzene rings is 1. The van der Waals surface area contributed by atoms with Gasteiger partial charge in [-0.25, -0.2) is 13.1 Å². The molecule has 1 atom stereocenters. The van der Waals surface area contributed by atoms with E-state index < -0.39 is 10.0 Å². The molecule has 1 unspecified atom stereocenters. The molecule has 0 bridgehead atoms. The summed E-state index contributed by atoms with van der Waals surface area (Å²) in [6.45, 7) is 2.18. The first kappa shape index (κ1) is 19.2. The van der Waals surface area contributed by atoms with Gasteiger partial charge in [0.25, 0.3) is 0 Å². The van der Waals surface area contributed by atoms with Crippen molar-refractivity contribution in [3.8, 4) is 0 Å². The number of furan rings is 1. The monoisotopic (exact) mass is 394 g/mol. The lowest BCUT2D eigenvalue weighted by Gasteiger charge is -2.33. The quantitative estimate of drug-likeness (QED) is 0.769. The second kappa shape index (κ2) is 8.86. The SMILES string of the molecule is O=S(=O)(C=Cc1ccc(Cl)cc1)NCC(c1ccco1)N1CCCCC1. The average Bonchev–Trinajstić information content (AvgIpc) is 3.17. The van der Waals surface area contributed by atoms with Crippen molar-refractivity contribution in [3.63, 3.8) is 0 Å². The topological polar surface area (TPSA) is 62.6 Å². The minimum Gasteiger partial charge on any atom is -0.468 e. The normalized spacial score (nSPS) is 17.6. The third-order valence-electron chi connectivity index (χ3n) is 4.49. The number of sulfonamides is 1. The smallest absolute Gasteiger partial charge is 0.233 e. The summed E-state index contributed by atoms with van der Waals surface area (Å²) in [6, 6.07) is 10.6. The number of hydrogen-bond acceptors (Lipinski definition) is 4. The van der Waals surface area contributed by atoms with Crippen LogP contribution < -0.4 is 4.72 Å². The molecule has 2 aromatic rings. The molecular weight excluding hydrogens is 372 g/mol. The summed E-state index contributed by atoms with van der Waals surface area (Å²) in [5, 5.41) is 1.80. The highest BCUT2D eigenvalue weighted by molar-refractivity contribution is 7.92. The lowest BCUT2D eigenvalue weighted by molar-refractivity contribution is 0.147. The molecule has 140 valence electrons. The second-order valence-electron chi connectivity index (χ2n) is 6.38. The molecule has 1 aromatic heterocycles. The molecule has 3 rings (SSSR count). The van der Waals surface area contributed by atoms with Crippen molar-refractivity contribution in [2.45, 2.75) is 25.3 Å². The van der Waals surface area contributed by atoms with E-state index >= 15 is 0 Å². The van der Waals surface area contributed by atoms with Crippen molar-refractivity contribution < 1.29 is 12.8 Å². The Labute approximate surface area is 159 Å². The summed E-state index contributed by atoms with van der Waals surface area (Å²) in [5.74, 6) is 0.788. The third-order valence-corrected chi connectivity index (χ3v) is 5.81. The Morgan fingerprint density at radius 3 is 2.54 bits per heavy atom. The van der Waals surface area contributed by atoms with Gasteiger partial charge < -0.3 is 4.42 Å². The van der Waals surface area contributed by atoms with Crippen molar-refractivity contribution in [2.24, 2.45) is 0 Å². The third kappa shape index (κ3) is 5.45. The van der Waals surface area contributed by atoms with Gasteiger partial charge in [-0.15, -0.1) is 0 Å². The number of halogens is 1. The molecule has 5 nitrogen and oxygen atoms in total. The average molecular weight is 395 g/mol. The summed E-state index contributed by atoms with van der Waals surface area (Å²) in [6.07, 6.45) is 6.65. The Morgan fingerprint density at radius 1 is 1.15 bits per heavy atom. The van der Waals surface area contributed by atoms with Gasteiger partial charge >= 0.3 is 0 Å². The second-order valence-corrected chi connectivity index (χ2v) is 8.46. The Hall–Kier alpha value is -1.60. The van der Waals surface area contributed by atoms with E-state index in [1.165, 1.54) is 11.8 Å². The van der Waals surface area contributed by atoms with Crippen molar-refractivity contribution in [1.29, 1.82) is 0 Å². The van der Waals surface area contributed by atoms with E-state index in [0.717, 1.165) is 37.3 Å². The lowest BCUT2D eigenvalue weighted by atomic mass is 10.1. The number of piperidine rings is 1. The van der Waals surface area contributed by atoms with Crippen molar-refractivity contribution in [3.05, 3.63) is 64.4 Å². The van der Waals surface area contributed by atoms with E-state index in [1.807, 2.05) is 12.1 Å². The van der Waals surface area contributed by atoms with Crippen LogP contribution in [0.15, 0.2) is 52.5 Å². The lowest BCUT2D eigenvalue weighted by Crippen LogP contribution is -2.40. The molecule has 0 spiro atoms. The van der Waals surface area contributed by atoms with Crippen molar-refractivity contribution in [2.75, 3.05) is 19.6 Å². The van der Waals surface area contributed by atoms with Gasteiger partial charge in [-0.05, 0) is 61.8 Å². The van der Waals surface area contributed by atoms with E-state index in [1.54, 1.807) is 36.6 Å². The van der Waals surface area contributed by atoms with Crippen LogP contribution in [0.25, 0.3) is 6.08 Å². The van der Waals surface area contributed by atoms with Gasteiger partial charge in [-0.1, -0.05) is 30.2 Å². The zero-order chi connectivity index (χ0) is 18.4. The highest BCUT2D eigenvalue weighted by Gasteiger charge is 2.25. The maximum atomic E-state index is 12.4. The number of hydrogen-bond donors (Lipinski definition) is 1. The van der Waals surface area contributed by atoms with Gasteiger partial charge in [0.1, 0.15) is 5.76 Å². The highest BCUT2D eigenvalue weighted by atomic mass is 35.5. The van der Waals surface area contributed by atoms with Gasteiger partial charge in [0.15, 0.2) is 0 Å². The maximum Gasteiger partial charge on any atom is 0.233 e. The van der Waals surface area contributed by atoms with E-state index in [4.69, 9.17) is 16.0 Å². The number of rotatable bonds is 7. The summed E-state index contributed by atoms with van der Waals surface area (Å²) in [5.41, 5.74) is 0.776. The molecule has 0 saturated carbocycles. The molecular formula is C19H23ClN2O3S.